The quantitative estimate of drug-likeness (QED) is 0.484. The summed E-state index contributed by atoms with van der Waals surface area (Å²) >= 11 is 0. The number of nitrogens with zero attached hydrogens (tertiary/aromatic N) is 4. The van der Waals surface area contributed by atoms with Crippen LogP contribution in [0.1, 0.15) is 5.56 Å². The Kier molecular flexibility index (Phi) is 5.25. The van der Waals surface area contributed by atoms with E-state index in [1.165, 1.54) is 6.20 Å². The molecule has 1 aromatic carbocycles. The molecule has 0 amide bonds. The Morgan fingerprint density at radius 3 is 2.66 bits per heavy atom. The first-order chi connectivity index (χ1) is 14.2. The van der Waals surface area contributed by atoms with Gasteiger partial charge < -0.3 is 10.6 Å². The van der Waals surface area contributed by atoms with Crippen LogP contribution in [0.3, 0.4) is 0 Å². The van der Waals surface area contributed by atoms with E-state index in [0.29, 0.717) is 30.0 Å². The molecule has 0 fully saturated rings. The van der Waals surface area contributed by atoms with E-state index in [1.807, 2.05) is 36.4 Å². The van der Waals surface area contributed by atoms with Gasteiger partial charge in [-0.2, -0.15) is 5.26 Å². The Bertz CT molecular complexity index is 1180. The number of benzene rings is 1. The van der Waals surface area contributed by atoms with Crippen LogP contribution in [0, 0.1) is 17.1 Å². The molecule has 0 spiro atoms. The molecule has 3 heterocycles. The first kappa shape index (κ1) is 18.3. The third-order valence-electron chi connectivity index (χ3n) is 4.42. The Hall–Kier alpha value is -4.05. The molecule has 6 nitrogen and oxygen atoms in total. The van der Waals surface area contributed by atoms with Gasteiger partial charge in [0.1, 0.15) is 11.9 Å². The van der Waals surface area contributed by atoms with Crippen molar-refractivity contribution in [3.8, 4) is 17.2 Å². The molecule has 4 aromatic rings. The Morgan fingerprint density at radius 1 is 0.931 bits per heavy atom. The number of nitriles is 1. The molecule has 3 aromatic heterocycles. The van der Waals surface area contributed by atoms with Gasteiger partial charge in [0.25, 0.3) is 0 Å². The van der Waals surface area contributed by atoms with Crippen LogP contribution in [0.15, 0.2) is 67.1 Å². The van der Waals surface area contributed by atoms with Crippen LogP contribution in [-0.2, 0) is 0 Å². The van der Waals surface area contributed by atoms with E-state index in [0.717, 1.165) is 16.5 Å². The second-order valence-electron chi connectivity index (χ2n) is 6.33. The van der Waals surface area contributed by atoms with E-state index in [9.17, 15) is 4.39 Å². The molecule has 4 rings (SSSR count). The van der Waals surface area contributed by atoms with E-state index in [-0.39, 0.29) is 5.82 Å². The van der Waals surface area contributed by atoms with Crippen molar-refractivity contribution in [1.82, 2.24) is 15.0 Å². The van der Waals surface area contributed by atoms with Crippen LogP contribution < -0.4 is 10.6 Å². The highest BCUT2D eigenvalue weighted by molar-refractivity contribution is 5.84. The summed E-state index contributed by atoms with van der Waals surface area (Å²) in [5.74, 6) is 0.452. The molecule has 142 valence electrons. The minimum absolute atomic E-state index is 0.198. The molecule has 0 radical (unpaired) electrons. The second-order valence-corrected chi connectivity index (χ2v) is 6.33. The minimum Gasteiger partial charge on any atom is -0.368 e. The standard InChI is InChI=1S/C22H17FN6/c23-21-18(16-4-5-19-17(12-16)2-1-8-25-19)7-9-27-22(21)28-11-10-26-20-6-3-15(13-24)14-29-20/h1-9,12,14H,10-11H2,(H,26,29)(H,27,28). The summed E-state index contributed by atoms with van der Waals surface area (Å²) in [5.41, 5.74) is 2.62. The van der Waals surface area contributed by atoms with Crippen molar-refractivity contribution in [3.05, 3.63) is 78.5 Å². The second kappa shape index (κ2) is 8.31. The number of rotatable bonds is 6. The molecule has 0 atom stereocenters. The topological polar surface area (TPSA) is 86.5 Å². The van der Waals surface area contributed by atoms with Crippen LogP contribution in [0.5, 0.6) is 0 Å². The molecule has 2 N–H and O–H groups in total. The van der Waals surface area contributed by atoms with Crippen molar-refractivity contribution in [1.29, 1.82) is 5.26 Å². The van der Waals surface area contributed by atoms with Crippen LogP contribution in [0.4, 0.5) is 16.0 Å². The van der Waals surface area contributed by atoms with Gasteiger partial charge in [-0.15, -0.1) is 0 Å². The highest BCUT2D eigenvalue weighted by Gasteiger charge is 2.11. The van der Waals surface area contributed by atoms with Crippen LogP contribution >= 0.6 is 0 Å². The summed E-state index contributed by atoms with van der Waals surface area (Å²) in [5, 5.41) is 15.9. The van der Waals surface area contributed by atoms with Gasteiger partial charge in [0.05, 0.1) is 11.1 Å². The average molecular weight is 384 g/mol. The van der Waals surface area contributed by atoms with Crippen molar-refractivity contribution < 1.29 is 4.39 Å². The van der Waals surface area contributed by atoms with Crippen molar-refractivity contribution in [2.24, 2.45) is 0 Å². The fourth-order valence-electron chi connectivity index (χ4n) is 2.97. The Labute approximate surface area is 167 Å². The number of fused-ring (bicyclic) bond motifs is 1. The van der Waals surface area contributed by atoms with E-state index in [4.69, 9.17) is 5.26 Å². The SMILES string of the molecule is N#Cc1ccc(NCCNc2nccc(-c3ccc4ncccc4c3)c2F)nc1. The molecule has 7 heteroatoms. The summed E-state index contributed by atoms with van der Waals surface area (Å²) in [6.07, 6.45) is 4.82. The van der Waals surface area contributed by atoms with Crippen LogP contribution in [-0.4, -0.2) is 28.0 Å². The van der Waals surface area contributed by atoms with E-state index in [2.05, 4.69) is 25.6 Å². The van der Waals surface area contributed by atoms with E-state index >= 15 is 0 Å². The summed E-state index contributed by atoms with van der Waals surface area (Å²) in [6, 6.07) is 16.6. The predicted molar refractivity (Wildman–Crippen MR) is 111 cm³/mol. The lowest BCUT2D eigenvalue weighted by Gasteiger charge is -2.11. The molecule has 0 aliphatic heterocycles. The third kappa shape index (κ3) is 4.12. The Morgan fingerprint density at radius 2 is 1.83 bits per heavy atom. The van der Waals surface area contributed by atoms with Gasteiger partial charge in [0, 0.05) is 42.6 Å². The summed E-state index contributed by atoms with van der Waals surface area (Å²) in [6.45, 7) is 0.975. The molecular formula is C22H17FN6. The monoisotopic (exact) mass is 384 g/mol. The molecule has 0 unspecified atom stereocenters. The highest BCUT2D eigenvalue weighted by atomic mass is 19.1. The summed E-state index contributed by atoms with van der Waals surface area (Å²) in [4.78, 5) is 12.5. The lowest BCUT2D eigenvalue weighted by Crippen LogP contribution is -2.16. The van der Waals surface area contributed by atoms with Gasteiger partial charge in [-0.05, 0) is 42.0 Å². The first-order valence-electron chi connectivity index (χ1n) is 9.08. The van der Waals surface area contributed by atoms with Crippen molar-refractivity contribution >= 4 is 22.5 Å². The average Bonchev–Trinajstić information content (AvgIpc) is 2.78. The van der Waals surface area contributed by atoms with Gasteiger partial charge >= 0.3 is 0 Å². The molecule has 0 aliphatic rings. The van der Waals surface area contributed by atoms with Gasteiger partial charge in [0.2, 0.25) is 0 Å². The van der Waals surface area contributed by atoms with Gasteiger partial charge in [0.15, 0.2) is 11.6 Å². The number of nitrogens with one attached hydrogen (secondary N) is 2. The zero-order chi connectivity index (χ0) is 20.1. The zero-order valence-electron chi connectivity index (χ0n) is 15.4. The third-order valence-corrected chi connectivity index (χ3v) is 4.42. The number of halogens is 1. The maximum Gasteiger partial charge on any atom is 0.173 e. The molecule has 0 saturated heterocycles. The smallest absolute Gasteiger partial charge is 0.173 e. The minimum atomic E-state index is -0.396. The number of pyridine rings is 3. The summed E-state index contributed by atoms with van der Waals surface area (Å²) in [7, 11) is 0. The lowest BCUT2D eigenvalue weighted by atomic mass is 10.0. The van der Waals surface area contributed by atoms with E-state index in [1.54, 1.807) is 30.6 Å². The maximum atomic E-state index is 15.0. The van der Waals surface area contributed by atoms with Crippen LogP contribution in [0.25, 0.3) is 22.0 Å². The maximum absolute atomic E-state index is 15.0. The van der Waals surface area contributed by atoms with Gasteiger partial charge in [-0.3, -0.25) is 4.98 Å². The first-order valence-corrected chi connectivity index (χ1v) is 9.08. The summed E-state index contributed by atoms with van der Waals surface area (Å²) < 4.78 is 15.0. The molecule has 0 bridgehead atoms. The van der Waals surface area contributed by atoms with Gasteiger partial charge in [-0.25, -0.2) is 14.4 Å². The largest absolute Gasteiger partial charge is 0.368 e. The normalized spacial score (nSPS) is 10.5. The molecule has 0 aliphatic carbocycles. The van der Waals surface area contributed by atoms with Gasteiger partial charge in [-0.1, -0.05) is 12.1 Å². The van der Waals surface area contributed by atoms with Crippen molar-refractivity contribution in [2.45, 2.75) is 0 Å². The molecular weight excluding hydrogens is 367 g/mol. The zero-order valence-corrected chi connectivity index (χ0v) is 15.4. The Balaban J connectivity index is 1.44. The molecule has 29 heavy (non-hydrogen) atoms. The number of aromatic nitrogens is 3. The number of hydrogen-bond donors (Lipinski definition) is 2. The highest BCUT2D eigenvalue weighted by Crippen LogP contribution is 2.28. The van der Waals surface area contributed by atoms with E-state index < -0.39 is 5.82 Å². The number of anilines is 2. The molecule has 0 saturated carbocycles. The predicted octanol–water partition coefficient (Wildman–Crippen LogP) is 4.23. The van der Waals surface area contributed by atoms with Crippen LogP contribution in [0.2, 0.25) is 0 Å². The van der Waals surface area contributed by atoms with Crippen molar-refractivity contribution in [2.75, 3.05) is 23.7 Å². The fraction of sp³-hybridized carbons (Fsp3) is 0.0909. The van der Waals surface area contributed by atoms with Crippen molar-refractivity contribution in [3.63, 3.8) is 0 Å². The lowest BCUT2D eigenvalue weighted by molar-refractivity contribution is 0.628. The fourth-order valence-corrected chi connectivity index (χ4v) is 2.97. The number of hydrogen-bond acceptors (Lipinski definition) is 6.